The smallest absolute Gasteiger partial charge is 0.273 e. The number of carbonyl (C=O) groups excluding carboxylic acids is 1. The third-order valence-electron chi connectivity index (χ3n) is 4.42. The molecular weight excluding hydrogens is 632 g/mol. The van der Waals surface area contributed by atoms with E-state index in [0.717, 1.165) is 25.1 Å². The predicted molar refractivity (Wildman–Crippen MR) is 148 cm³/mol. The molecule has 0 atom stereocenters. The Morgan fingerprint density at radius 2 is 1.16 bits per heavy atom. The van der Waals surface area contributed by atoms with Gasteiger partial charge in [0.25, 0.3) is 0 Å². The maximum absolute atomic E-state index is 10.7. The summed E-state index contributed by atoms with van der Waals surface area (Å²) in [6.07, 6.45) is 0. The van der Waals surface area contributed by atoms with E-state index in [9.17, 15) is 30.0 Å². The number of halogens is 9. The van der Waals surface area contributed by atoms with Crippen LogP contribution in [0.25, 0.3) is 0 Å². The van der Waals surface area contributed by atoms with Crippen LogP contribution in [0, 0.1) is 0 Å². The molecule has 1 N–H and O–H groups in total. The van der Waals surface area contributed by atoms with Gasteiger partial charge in [-0.2, -0.15) is 0 Å². The van der Waals surface area contributed by atoms with Gasteiger partial charge in [0.2, 0.25) is 0 Å². The molecule has 0 aliphatic heterocycles. The van der Waals surface area contributed by atoms with Gasteiger partial charge in [0, 0.05) is 24.6 Å². The van der Waals surface area contributed by atoms with Crippen LogP contribution in [-0.4, -0.2) is 10.6 Å². The molecule has 0 fully saturated rings. The van der Waals surface area contributed by atoms with E-state index in [2.05, 4.69) is 0 Å². The van der Waals surface area contributed by atoms with E-state index >= 15 is 0 Å². The molecular formula is C25H16Cl3F6OPS2. The molecule has 0 bridgehead atoms. The molecule has 0 aliphatic carbocycles. The molecule has 0 aliphatic rings. The van der Waals surface area contributed by atoms with Crippen molar-refractivity contribution in [1.29, 1.82) is 0 Å². The van der Waals surface area contributed by atoms with E-state index in [1.165, 1.54) is 11.8 Å². The quantitative estimate of drug-likeness (QED) is 0.0899. The first-order valence-corrected chi connectivity index (χ1v) is 15.1. The minimum atomic E-state index is -10.7. The van der Waals surface area contributed by atoms with E-state index in [1.54, 1.807) is 17.8 Å². The van der Waals surface area contributed by atoms with Crippen molar-refractivity contribution in [1.82, 2.24) is 0 Å². The Morgan fingerprint density at radius 3 is 1.74 bits per heavy atom. The molecule has 0 spiro atoms. The number of hydrogen-bond donors (Lipinski definition) is 0. The number of benzene rings is 4. The second-order valence-electron chi connectivity index (χ2n) is 7.57. The summed E-state index contributed by atoms with van der Waals surface area (Å²) in [7, 11) is -10.7. The van der Waals surface area contributed by atoms with Crippen molar-refractivity contribution in [3.8, 4) is 0 Å². The molecule has 4 rings (SSSR count). The van der Waals surface area contributed by atoms with Crippen molar-refractivity contribution in [2.24, 2.45) is 0 Å². The number of hydrogen-bond acceptors (Lipinski definition) is 2. The Bertz CT molecular complexity index is 1440. The van der Waals surface area contributed by atoms with Crippen molar-refractivity contribution in [2.45, 2.75) is 19.6 Å². The van der Waals surface area contributed by atoms with Crippen molar-refractivity contribution < 1.29 is 30.0 Å². The summed E-state index contributed by atoms with van der Waals surface area (Å²) in [5.74, 6) is 0.193. The molecule has 0 aromatic heterocycles. The zero-order valence-electron chi connectivity index (χ0n) is 18.8. The molecule has 202 valence electrons. The minimum Gasteiger partial charge on any atom is -0.273 e. The van der Waals surface area contributed by atoms with Crippen LogP contribution in [0.5, 0.6) is 0 Å². The SMILES string of the molecule is F[P-](F)(F)(F)(F)F.[OH+]=C(c1ccccc1)c1ccc(Sc2cc(Sc3ccc(Cl)cc3)ccc2Cl)c(Cl)c1. The number of rotatable bonds is 6. The van der Waals surface area contributed by atoms with Crippen LogP contribution in [0.3, 0.4) is 0 Å². The van der Waals surface area contributed by atoms with Crippen LogP contribution in [0.2, 0.25) is 15.1 Å². The van der Waals surface area contributed by atoms with E-state index in [4.69, 9.17) is 34.8 Å². The van der Waals surface area contributed by atoms with Gasteiger partial charge in [-0.25, -0.2) is 0 Å². The zero-order valence-corrected chi connectivity index (χ0v) is 23.6. The van der Waals surface area contributed by atoms with Gasteiger partial charge < -0.3 is 0 Å². The van der Waals surface area contributed by atoms with Crippen LogP contribution in [0.1, 0.15) is 11.1 Å². The summed E-state index contributed by atoms with van der Waals surface area (Å²) < 4.78 is 59.2. The van der Waals surface area contributed by atoms with Gasteiger partial charge in [-0.05, 0) is 72.8 Å². The summed E-state index contributed by atoms with van der Waals surface area (Å²) in [5, 5.41) is 1.92. The Kier molecular flexibility index (Phi) is 9.13. The molecule has 1 nitrogen and oxygen atoms in total. The molecule has 38 heavy (non-hydrogen) atoms. The van der Waals surface area contributed by atoms with E-state index in [-0.39, 0.29) is 5.78 Å². The van der Waals surface area contributed by atoms with Crippen LogP contribution in [-0.2, 0) is 0 Å². The molecule has 4 aromatic rings. The fourth-order valence-corrected chi connectivity index (χ4v) is 5.34. The number of ketones is 1. The summed E-state index contributed by atoms with van der Waals surface area (Å²) in [5.41, 5.74) is 1.41. The van der Waals surface area contributed by atoms with Crippen molar-refractivity contribution >= 4 is 71.9 Å². The molecule has 13 heteroatoms. The fraction of sp³-hybridized carbons (Fsp3) is 0. The van der Waals surface area contributed by atoms with Gasteiger partial charge in [0.15, 0.2) is 0 Å². The van der Waals surface area contributed by atoms with Gasteiger partial charge in [0.1, 0.15) is 0 Å². The molecule has 4 aromatic carbocycles. The predicted octanol–water partition coefficient (Wildman–Crippen LogP) is 12.3. The maximum atomic E-state index is 10.6. The van der Waals surface area contributed by atoms with Crippen LogP contribution >= 0.6 is 66.1 Å². The molecule has 0 unspecified atom stereocenters. The molecule has 0 heterocycles. The summed E-state index contributed by atoms with van der Waals surface area (Å²) in [4.78, 5) is 14.5. The van der Waals surface area contributed by atoms with Crippen molar-refractivity contribution in [3.63, 3.8) is 0 Å². The zero-order chi connectivity index (χ0) is 28.2. The largest absolute Gasteiger partial charge is 0.354 e. The Morgan fingerprint density at radius 1 is 0.579 bits per heavy atom. The minimum absolute atomic E-state index is 0.193. The average molecular weight is 648 g/mol. The molecule has 0 saturated carbocycles. The van der Waals surface area contributed by atoms with Gasteiger partial charge in [-0.3, -0.25) is 4.79 Å². The van der Waals surface area contributed by atoms with Gasteiger partial charge in [0.05, 0.1) is 21.2 Å². The van der Waals surface area contributed by atoms with E-state index in [0.29, 0.717) is 20.6 Å². The standard InChI is InChI=1S/C25H15Cl3OS2.F6P/c26-18-7-9-19(10-8-18)30-20-11-12-21(27)24(15-20)31-23-13-6-17(14-22(23)28)25(29)16-4-2-1-3-5-16;1-7(2,3,4,5)6/h1-15H;/q;-1/p+1. The first-order chi connectivity index (χ1) is 17.4. The van der Waals surface area contributed by atoms with Gasteiger partial charge in [-0.15, -0.1) is 0 Å². The summed E-state index contributed by atoms with van der Waals surface area (Å²) in [6.45, 7) is 0. The summed E-state index contributed by atoms with van der Waals surface area (Å²) in [6, 6.07) is 28.6. The van der Waals surface area contributed by atoms with E-state index in [1.807, 2.05) is 84.9 Å². The Labute approximate surface area is 237 Å². The van der Waals surface area contributed by atoms with Gasteiger partial charge in [-0.1, -0.05) is 76.5 Å². The first-order valence-electron chi connectivity index (χ1n) is 10.3. The average Bonchev–Trinajstić information content (AvgIpc) is 2.82. The van der Waals surface area contributed by atoms with Crippen LogP contribution in [0.4, 0.5) is 25.2 Å². The van der Waals surface area contributed by atoms with E-state index < -0.39 is 7.81 Å². The second kappa shape index (κ2) is 11.3. The topological polar surface area (TPSA) is 21.4 Å². The maximum Gasteiger partial charge on any atom is 0.354 e. The monoisotopic (exact) mass is 646 g/mol. The van der Waals surface area contributed by atoms with Crippen molar-refractivity contribution in [3.05, 3.63) is 117 Å². The molecule has 0 radical (unpaired) electrons. The third-order valence-corrected chi connectivity index (χ3v) is 7.67. The Hall–Kier alpha value is -1.87. The van der Waals surface area contributed by atoms with Gasteiger partial charge >= 0.3 is 38.8 Å². The third kappa shape index (κ3) is 11.1. The van der Waals surface area contributed by atoms with Crippen LogP contribution < -0.4 is 0 Å². The molecule has 0 saturated heterocycles. The van der Waals surface area contributed by atoms with Crippen LogP contribution in [0.15, 0.2) is 111 Å². The normalized spacial score (nSPS) is 13.1. The second-order valence-corrected chi connectivity index (χ2v) is 13.0. The molecule has 0 amide bonds. The summed E-state index contributed by atoms with van der Waals surface area (Å²) >= 11 is 22.1. The Balaban J connectivity index is 0.000000505. The fourth-order valence-electron chi connectivity index (χ4n) is 2.88. The first kappa shape index (κ1) is 30.7. The van der Waals surface area contributed by atoms with Crippen molar-refractivity contribution in [2.75, 3.05) is 0 Å².